The van der Waals surface area contributed by atoms with Gasteiger partial charge >= 0.3 is 0 Å². The predicted molar refractivity (Wildman–Crippen MR) is 137 cm³/mol. The third-order valence-corrected chi connectivity index (χ3v) is 7.45. The van der Waals surface area contributed by atoms with E-state index in [1.807, 2.05) is 4.90 Å². The molecule has 0 unspecified atom stereocenters. The number of hydrogen-bond acceptors (Lipinski definition) is 5. The number of hydrogen-bond donors (Lipinski definition) is 2. The lowest BCUT2D eigenvalue weighted by Gasteiger charge is -2.40. The summed E-state index contributed by atoms with van der Waals surface area (Å²) >= 11 is 0. The molecule has 1 amide bonds. The molecule has 1 fully saturated rings. The van der Waals surface area contributed by atoms with Gasteiger partial charge in [0.15, 0.2) is 17.5 Å². The molecule has 0 radical (unpaired) electrons. The van der Waals surface area contributed by atoms with Crippen LogP contribution in [0.5, 0.6) is 5.75 Å². The van der Waals surface area contributed by atoms with Crippen molar-refractivity contribution in [3.63, 3.8) is 0 Å². The summed E-state index contributed by atoms with van der Waals surface area (Å²) in [6.07, 6.45) is 0.267. The molecule has 40 heavy (non-hydrogen) atoms. The lowest BCUT2D eigenvalue weighted by molar-refractivity contribution is -0.143. The van der Waals surface area contributed by atoms with Crippen molar-refractivity contribution in [3.8, 4) is 17.6 Å². The summed E-state index contributed by atoms with van der Waals surface area (Å²) < 4.78 is 74.8. The van der Waals surface area contributed by atoms with Gasteiger partial charge in [-0.3, -0.25) is 19.9 Å². The van der Waals surface area contributed by atoms with Gasteiger partial charge in [0.2, 0.25) is 5.91 Å². The van der Waals surface area contributed by atoms with Gasteiger partial charge in [-0.1, -0.05) is 11.8 Å². The van der Waals surface area contributed by atoms with Crippen LogP contribution in [-0.2, 0) is 11.5 Å². The van der Waals surface area contributed by atoms with E-state index in [-0.39, 0.29) is 48.9 Å². The van der Waals surface area contributed by atoms with Crippen LogP contribution >= 0.6 is 0 Å². The second-order valence-electron chi connectivity index (χ2n) is 9.77. The molecular weight excluding hydrogens is 533 g/mol. The Kier molecular flexibility index (Phi) is 9.22. The van der Waals surface area contributed by atoms with Gasteiger partial charge in [-0.2, -0.15) is 0 Å². The average Bonchev–Trinajstić information content (AvgIpc) is 2.97. The van der Waals surface area contributed by atoms with Crippen LogP contribution in [0.1, 0.15) is 48.5 Å². The molecule has 1 saturated heterocycles. The largest absolute Gasteiger partial charge is 0.497 e. The molecule has 4 rings (SSSR count). The van der Waals surface area contributed by atoms with Crippen LogP contribution in [-0.4, -0.2) is 47.7 Å². The minimum atomic E-state index is -1.60. The lowest BCUT2D eigenvalue weighted by Crippen LogP contribution is -2.48. The zero-order valence-electron chi connectivity index (χ0n) is 21.7. The number of methoxy groups -OCH3 is 1. The Labute approximate surface area is 228 Å². The number of rotatable bonds is 8. The van der Waals surface area contributed by atoms with E-state index in [4.69, 9.17) is 4.74 Å². The predicted octanol–water partition coefficient (Wildman–Crippen LogP) is 5.56. The van der Waals surface area contributed by atoms with Crippen molar-refractivity contribution >= 4 is 16.8 Å². The molecule has 1 aliphatic rings. The topological polar surface area (TPSA) is 74.7 Å². The van der Waals surface area contributed by atoms with E-state index >= 15 is 4.39 Å². The van der Waals surface area contributed by atoms with Gasteiger partial charge in [0.05, 0.1) is 24.6 Å². The van der Waals surface area contributed by atoms with Gasteiger partial charge in [0, 0.05) is 41.4 Å². The number of nitrogens with zero attached hydrogens (tertiary/aromatic N) is 2. The first-order valence-electron chi connectivity index (χ1n) is 12.7. The number of nitrogens with one attached hydrogen (secondary N) is 1. The normalized spacial score (nSPS) is 15.8. The number of hydroxylamine groups is 1. The Morgan fingerprint density at radius 1 is 1.20 bits per heavy atom. The summed E-state index contributed by atoms with van der Waals surface area (Å²) in [6, 6.07) is 6.56. The standard InChI is InChI=1S/C29H28F5N3O3/c1-40-20-4-5-25-21(15-20)26(19(16-30)17-35-25)22(31)6-7-29(28(38)36-39)8-11-37(12-9-29)10-2-3-18-13-23(32)27(34)24(33)14-18/h4-5,13-15,17,22,39H,6-12,16H2,1H3,(H,36,38)/t22-/m1/s1. The van der Waals surface area contributed by atoms with Crippen molar-refractivity contribution in [3.05, 3.63) is 70.7 Å². The Bertz CT molecular complexity index is 1420. The van der Waals surface area contributed by atoms with Gasteiger partial charge in [-0.15, -0.1) is 0 Å². The van der Waals surface area contributed by atoms with E-state index in [1.54, 1.807) is 23.7 Å². The highest BCUT2D eigenvalue weighted by molar-refractivity contribution is 5.85. The second-order valence-corrected chi connectivity index (χ2v) is 9.77. The van der Waals surface area contributed by atoms with E-state index in [9.17, 15) is 27.6 Å². The van der Waals surface area contributed by atoms with Gasteiger partial charge in [-0.05, 0) is 56.0 Å². The number of carbonyl (C=O) groups excluding carboxylic acids is 1. The van der Waals surface area contributed by atoms with E-state index in [0.717, 1.165) is 12.1 Å². The Balaban J connectivity index is 1.46. The zero-order chi connectivity index (χ0) is 28.9. The fraction of sp³-hybridized carbons (Fsp3) is 0.379. The minimum absolute atomic E-state index is 0.00898. The Morgan fingerprint density at radius 3 is 2.52 bits per heavy atom. The Hall–Kier alpha value is -3.75. The summed E-state index contributed by atoms with van der Waals surface area (Å²) in [5.41, 5.74) is 1.39. The van der Waals surface area contributed by atoms with Gasteiger partial charge in [-0.25, -0.2) is 27.4 Å². The number of piperidine rings is 1. The molecule has 0 spiro atoms. The number of fused-ring (bicyclic) bond motifs is 1. The molecule has 3 aromatic rings. The summed E-state index contributed by atoms with van der Waals surface area (Å²) in [7, 11) is 1.47. The smallest absolute Gasteiger partial charge is 0.249 e. The quantitative estimate of drug-likeness (QED) is 0.124. The highest BCUT2D eigenvalue weighted by atomic mass is 19.2. The third kappa shape index (κ3) is 6.18. The summed E-state index contributed by atoms with van der Waals surface area (Å²) in [6.45, 7) is 0.0753. The monoisotopic (exact) mass is 561 g/mol. The van der Waals surface area contributed by atoms with Crippen molar-refractivity contribution in [2.24, 2.45) is 5.41 Å². The van der Waals surface area contributed by atoms with Gasteiger partial charge in [0.1, 0.15) is 18.6 Å². The van der Waals surface area contributed by atoms with Crippen molar-refractivity contribution in [2.75, 3.05) is 26.7 Å². The van der Waals surface area contributed by atoms with Crippen molar-refractivity contribution in [1.82, 2.24) is 15.4 Å². The zero-order valence-corrected chi connectivity index (χ0v) is 21.7. The number of likely N-dealkylation sites (tertiary alicyclic amines) is 1. The summed E-state index contributed by atoms with van der Waals surface area (Å²) in [5, 5.41) is 9.85. The first-order valence-corrected chi connectivity index (χ1v) is 12.7. The average molecular weight is 562 g/mol. The van der Waals surface area contributed by atoms with Crippen LogP contribution < -0.4 is 10.2 Å². The molecular formula is C29H28F5N3O3. The molecule has 1 aliphatic heterocycles. The maximum atomic E-state index is 15.8. The molecule has 0 bridgehead atoms. The van der Waals surface area contributed by atoms with Gasteiger partial charge < -0.3 is 4.74 Å². The number of amides is 1. The maximum absolute atomic E-state index is 15.8. The fourth-order valence-electron chi connectivity index (χ4n) is 5.11. The van der Waals surface area contributed by atoms with E-state index in [0.29, 0.717) is 29.7 Å². The molecule has 0 aliphatic carbocycles. The number of pyridine rings is 1. The van der Waals surface area contributed by atoms with Crippen LogP contribution in [0.4, 0.5) is 22.0 Å². The first-order chi connectivity index (χ1) is 19.2. The van der Waals surface area contributed by atoms with Crippen molar-refractivity contribution in [2.45, 2.75) is 38.5 Å². The lowest BCUT2D eigenvalue weighted by atomic mass is 9.73. The van der Waals surface area contributed by atoms with E-state index in [2.05, 4.69) is 16.8 Å². The van der Waals surface area contributed by atoms with Gasteiger partial charge in [0.25, 0.3) is 0 Å². The van der Waals surface area contributed by atoms with Crippen molar-refractivity contribution in [1.29, 1.82) is 0 Å². The third-order valence-electron chi connectivity index (χ3n) is 7.45. The van der Waals surface area contributed by atoms with E-state index in [1.165, 1.54) is 13.3 Å². The SMILES string of the molecule is COc1ccc2ncc(CF)c([C@H](F)CCC3(C(=O)NO)CCN(CC#Cc4cc(F)c(F)c(F)c4)CC3)c2c1. The number of aromatic nitrogens is 1. The molecule has 1 aromatic heterocycles. The highest BCUT2D eigenvalue weighted by Crippen LogP contribution is 2.41. The number of halogens is 5. The van der Waals surface area contributed by atoms with Crippen LogP contribution in [0.25, 0.3) is 10.9 Å². The number of benzene rings is 2. The molecule has 6 nitrogen and oxygen atoms in total. The molecule has 2 N–H and O–H groups in total. The van der Waals surface area contributed by atoms with Crippen LogP contribution in [0.2, 0.25) is 0 Å². The fourth-order valence-corrected chi connectivity index (χ4v) is 5.11. The van der Waals surface area contributed by atoms with Crippen LogP contribution in [0.15, 0.2) is 36.5 Å². The highest BCUT2D eigenvalue weighted by Gasteiger charge is 2.41. The first kappa shape index (κ1) is 29.2. The van der Waals surface area contributed by atoms with Crippen molar-refractivity contribution < 1.29 is 36.7 Å². The second kappa shape index (κ2) is 12.6. The minimum Gasteiger partial charge on any atom is -0.497 e. The van der Waals surface area contributed by atoms with E-state index < -0.39 is 41.6 Å². The molecule has 2 heterocycles. The molecule has 11 heteroatoms. The number of alkyl halides is 2. The van der Waals surface area contributed by atoms with Crippen LogP contribution in [0.3, 0.4) is 0 Å². The van der Waals surface area contributed by atoms with Crippen LogP contribution in [0, 0.1) is 34.7 Å². The number of carbonyl (C=O) groups is 1. The molecule has 0 saturated carbocycles. The maximum Gasteiger partial charge on any atom is 0.249 e. The molecule has 2 aromatic carbocycles. The Morgan fingerprint density at radius 2 is 1.90 bits per heavy atom. The molecule has 1 atom stereocenters. The summed E-state index contributed by atoms with van der Waals surface area (Å²) in [5.74, 6) is 1.01. The molecule has 212 valence electrons. The number of ether oxygens (including phenoxy) is 1. The summed E-state index contributed by atoms with van der Waals surface area (Å²) in [4.78, 5) is 18.9.